The molecule has 0 spiro atoms. The van der Waals surface area contributed by atoms with Gasteiger partial charge in [-0.25, -0.2) is 0 Å². The van der Waals surface area contributed by atoms with Gasteiger partial charge in [0.1, 0.15) is 5.69 Å². The van der Waals surface area contributed by atoms with Crippen molar-refractivity contribution < 1.29 is 9.53 Å². The highest BCUT2D eigenvalue weighted by Gasteiger charge is 2.26. The van der Waals surface area contributed by atoms with E-state index in [0.29, 0.717) is 22.8 Å². The summed E-state index contributed by atoms with van der Waals surface area (Å²) in [6.45, 7) is 3.34. The molecule has 6 heteroatoms. The molecule has 2 heterocycles. The van der Waals surface area contributed by atoms with Crippen molar-refractivity contribution in [1.29, 1.82) is 0 Å². The standard InChI is InChI=1S/C23H24ClN3O2/c1-16(21-8-5-13-29-21)25-23(28)20-15-27(14-17-6-3-2-4-7-17)26-22(20)18-9-11-19(24)12-10-18/h2-4,6-7,9-12,15-16,21H,5,8,13-14H2,1H3,(H,25,28). The third kappa shape index (κ3) is 4.69. The first-order valence-electron chi connectivity index (χ1n) is 9.90. The van der Waals surface area contributed by atoms with Gasteiger partial charge >= 0.3 is 0 Å². The molecule has 1 aromatic heterocycles. The largest absolute Gasteiger partial charge is 0.376 e. The van der Waals surface area contributed by atoms with E-state index >= 15 is 0 Å². The van der Waals surface area contributed by atoms with Gasteiger partial charge in [-0.3, -0.25) is 9.48 Å². The maximum atomic E-state index is 13.1. The quantitative estimate of drug-likeness (QED) is 0.649. The number of nitrogens with one attached hydrogen (secondary N) is 1. The number of carbonyl (C=O) groups excluding carboxylic acids is 1. The van der Waals surface area contributed by atoms with Crippen LogP contribution in [0, 0.1) is 0 Å². The Labute approximate surface area is 175 Å². The normalized spacial score (nSPS) is 17.2. The number of nitrogens with zero attached hydrogens (tertiary/aromatic N) is 2. The van der Waals surface area contributed by atoms with Crippen LogP contribution in [0.2, 0.25) is 5.02 Å². The van der Waals surface area contributed by atoms with Crippen LogP contribution in [-0.2, 0) is 11.3 Å². The van der Waals surface area contributed by atoms with E-state index < -0.39 is 0 Å². The molecule has 1 N–H and O–H groups in total. The topological polar surface area (TPSA) is 56.2 Å². The lowest BCUT2D eigenvalue weighted by molar-refractivity contribution is 0.0712. The van der Waals surface area contributed by atoms with Crippen LogP contribution in [-0.4, -0.2) is 34.4 Å². The summed E-state index contributed by atoms with van der Waals surface area (Å²) < 4.78 is 7.52. The number of halogens is 1. The minimum Gasteiger partial charge on any atom is -0.376 e. The number of benzene rings is 2. The Kier molecular flexibility index (Phi) is 5.97. The molecule has 2 unspecified atom stereocenters. The van der Waals surface area contributed by atoms with Gasteiger partial charge < -0.3 is 10.1 Å². The molecule has 0 saturated carbocycles. The minimum absolute atomic E-state index is 0.0551. The van der Waals surface area contributed by atoms with Gasteiger partial charge in [-0.1, -0.05) is 54.1 Å². The van der Waals surface area contributed by atoms with Crippen molar-refractivity contribution in [3.05, 3.63) is 76.9 Å². The molecule has 150 valence electrons. The number of hydrogen-bond donors (Lipinski definition) is 1. The molecule has 0 aliphatic carbocycles. The molecule has 2 atom stereocenters. The van der Waals surface area contributed by atoms with E-state index in [2.05, 4.69) is 5.32 Å². The minimum atomic E-state index is -0.141. The predicted molar refractivity (Wildman–Crippen MR) is 114 cm³/mol. The first-order valence-corrected chi connectivity index (χ1v) is 10.3. The van der Waals surface area contributed by atoms with E-state index in [1.807, 2.05) is 72.4 Å². The molecule has 3 aromatic rings. The monoisotopic (exact) mass is 409 g/mol. The van der Waals surface area contributed by atoms with Crippen molar-refractivity contribution in [2.24, 2.45) is 0 Å². The molecule has 0 bridgehead atoms. The van der Waals surface area contributed by atoms with Gasteiger partial charge in [0.2, 0.25) is 0 Å². The maximum absolute atomic E-state index is 13.1. The van der Waals surface area contributed by atoms with E-state index in [1.54, 1.807) is 0 Å². The molecule has 1 aliphatic heterocycles. The van der Waals surface area contributed by atoms with Crippen molar-refractivity contribution in [3.8, 4) is 11.3 Å². The maximum Gasteiger partial charge on any atom is 0.255 e. The SMILES string of the molecule is CC(NC(=O)c1cn(Cc2ccccc2)nc1-c1ccc(Cl)cc1)C1CCCO1. The summed E-state index contributed by atoms with van der Waals surface area (Å²) in [7, 11) is 0. The van der Waals surface area contributed by atoms with Crippen molar-refractivity contribution in [3.63, 3.8) is 0 Å². The third-order valence-electron chi connectivity index (χ3n) is 5.19. The Morgan fingerprint density at radius 3 is 2.69 bits per heavy atom. The highest BCUT2D eigenvalue weighted by molar-refractivity contribution is 6.30. The summed E-state index contributed by atoms with van der Waals surface area (Å²) >= 11 is 6.04. The molecule has 0 radical (unpaired) electrons. The zero-order valence-corrected chi connectivity index (χ0v) is 17.1. The number of aromatic nitrogens is 2. The van der Waals surface area contributed by atoms with Crippen molar-refractivity contribution >= 4 is 17.5 Å². The van der Waals surface area contributed by atoms with Crippen LogP contribution in [0.3, 0.4) is 0 Å². The predicted octanol–water partition coefficient (Wildman–Crippen LogP) is 4.55. The van der Waals surface area contributed by atoms with Crippen LogP contribution in [0.4, 0.5) is 0 Å². The number of amides is 1. The summed E-state index contributed by atoms with van der Waals surface area (Å²) in [4.78, 5) is 13.1. The molecular formula is C23H24ClN3O2. The lowest BCUT2D eigenvalue weighted by Crippen LogP contribution is -2.40. The highest BCUT2D eigenvalue weighted by atomic mass is 35.5. The van der Waals surface area contributed by atoms with Gasteiger partial charge in [-0.15, -0.1) is 0 Å². The molecule has 5 nitrogen and oxygen atoms in total. The Bertz CT molecular complexity index is 964. The second-order valence-corrected chi connectivity index (χ2v) is 7.83. The molecular weight excluding hydrogens is 386 g/mol. The summed E-state index contributed by atoms with van der Waals surface area (Å²) in [5.74, 6) is -0.141. The van der Waals surface area contributed by atoms with E-state index in [0.717, 1.165) is 30.6 Å². The zero-order chi connectivity index (χ0) is 20.2. The summed E-state index contributed by atoms with van der Waals surface area (Å²) in [6, 6.07) is 17.4. The Morgan fingerprint density at radius 2 is 2.00 bits per heavy atom. The Hall–Kier alpha value is -2.63. The van der Waals surface area contributed by atoms with Gasteiger partial charge in [0.15, 0.2) is 0 Å². The Morgan fingerprint density at radius 1 is 1.24 bits per heavy atom. The van der Waals surface area contributed by atoms with E-state index in [9.17, 15) is 4.79 Å². The number of ether oxygens (including phenoxy) is 1. The van der Waals surface area contributed by atoms with Crippen molar-refractivity contribution in [2.75, 3.05) is 6.61 Å². The fraction of sp³-hybridized carbons (Fsp3) is 0.304. The molecule has 29 heavy (non-hydrogen) atoms. The van der Waals surface area contributed by atoms with Crippen LogP contribution < -0.4 is 5.32 Å². The average Bonchev–Trinajstić information content (AvgIpc) is 3.40. The first kappa shape index (κ1) is 19.7. The number of rotatable bonds is 6. The van der Waals surface area contributed by atoms with Gasteiger partial charge in [0.05, 0.1) is 24.3 Å². The van der Waals surface area contributed by atoms with Gasteiger partial charge in [-0.2, -0.15) is 5.10 Å². The Balaban J connectivity index is 1.62. The van der Waals surface area contributed by atoms with E-state index in [-0.39, 0.29) is 18.1 Å². The van der Waals surface area contributed by atoms with Crippen LogP contribution in [0.5, 0.6) is 0 Å². The van der Waals surface area contributed by atoms with Crippen molar-refractivity contribution in [2.45, 2.75) is 38.5 Å². The molecule has 1 fully saturated rings. The van der Waals surface area contributed by atoms with Crippen LogP contribution >= 0.6 is 11.6 Å². The van der Waals surface area contributed by atoms with Gasteiger partial charge in [0.25, 0.3) is 5.91 Å². The second kappa shape index (κ2) is 8.80. The van der Waals surface area contributed by atoms with E-state index in [1.165, 1.54) is 0 Å². The fourth-order valence-corrected chi connectivity index (χ4v) is 3.76. The first-order chi connectivity index (χ1) is 14.1. The lowest BCUT2D eigenvalue weighted by Gasteiger charge is -2.19. The molecule has 1 amide bonds. The number of hydrogen-bond acceptors (Lipinski definition) is 3. The summed E-state index contributed by atoms with van der Waals surface area (Å²) in [5.41, 5.74) is 3.18. The van der Waals surface area contributed by atoms with Crippen molar-refractivity contribution in [1.82, 2.24) is 15.1 Å². The molecule has 1 aliphatic rings. The number of carbonyl (C=O) groups is 1. The van der Waals surface area contributed by atoms with Crippen LogP contribution in [0.25, 0.3) is 11.3 Å². The highest BCUT2D eigenvalue weighted by Crippen LogP contribution is 2.25. The molecule has 4 rings (SSSR count). The van der Waals surface area contributed by atoms with Crippen LogP contribution in [0.15, 0.2) is 60.8 Å². The summed E-state index contributed by atoms with van der Waals surface area (Å²) in [6.07, 6.45) is 3.89. The smallest absolute Gasteiger partial charge is 0.255 e. The van der Waals surface area contributed by atoms with Gasteiger partial charge in [0, 0.05) is 23.4 Å². The lowest BCUT2D eigenvalue weighted by atomic mass is 10.1. The second-order valence-electron chi connectivity index (χ2n) is 7.40. The summed E-state index contributed by atoms with van der Waals surface area (Å²) in [5, 5.41) is 8.45. The third-order valence-corrected chi connectivity index (χ3v) is 5.44. The van der Waals surface area contributed by atoms with E-state index in [4.69, 9.17) is 21.4 Å². The average molecular weight is 410 g/mol. The fourth-order valence-electron chi connectivity index (χ4n) is 3.63. The zero-order valence-electron chi connectivity index (χ0n) is 16.3. The molecule has 2 aromatic carbocycles. The van der Waals surface area contributed by atoms with Crippen LogP contribution in [0.1, 0.15) is 35.7 Å². The molecule has 1 saturated heterocycles. The van der Waals surface area contributed by atoms with Gasteiger partial charge in [-0.05, 0) is 37.5 Å².